The lowest BCUT2D eigenvalue weighted by molar-refractivity contribution is -0.318. The number of ether oxygens (including phenoxy) is 7. The van der Waals surface area contributed by atoms with Crippen molar-refractivity contribution in [2.24, 2.45) is 17.8 Å². The number of nitrogens with zero attached hydrogens (tertiary/aromatic N) is 5. The third-order valence-corrected chi connectivity index (χ3v) is 18.0. The van der Waals surface area contributed by atoms with Gasteiger partial charge in [-0.15, -0.1) is 5.10 Å². The fourth-order valence-electron chi connectivity index (χ4n) is 11.0. The summed E-state index contributed by atoms with van der Waals surface area (Å²) in [7, 11) is 3.36. The number of aliphatic hydroxyl groups excluding tert-OH is 3. The van der Waals surface area contributed by atoms with Crippen molar-refractivity contribution in [3.63, 3.8) is 0 Å². The zero-order valence-electron chi connectivity index (χ0n) is 45.6. The summed E-state index contributed by atoms with van der Waals surface area (Å²) < 4.78 is 82.4. The summed E-state index contributed by atoms with van der Waals surface area (Å²) in [4.78, 5) is 18.2. The number of carbonyl (C=O) groups is 1. The van der Waals surface area contributed by atoms with Crippen LogP contribution in [0.3, 0.4) is 0 Å². The van der Waals surface area contributed by atoms with Gasteiger partial charge in [0.1, 0.15) is 42.7 Å². The van der Waals surface area contributed by atoms with Crippen molar-refractivity contribution < 1.29 is 76.3 Å². The van der Waals surface area contributed by atoms with Crippen molar-refractivity contribution in [1.82, 2.24) is 24.8 Å². The van der Waals surface area contributed by atoms with Gasteiger partial charge in [-0.3, -0.25) is 4.79 Å². The van der Waals surface area contributed by atoms with Crippen LogP contribution >= 0.6 is 22.6 Å². The van der Waals surface area contributed by atoms with Crippen molar-refractivity contribution in [3.05, 3.63) is 47.3 Å². The first-order chi connectivity index (χ1) is 34.4. The molecule has 4 heterocycles. The van der Waals surface area contributed by atoms with Gasteiger partial charge in [0.2, 0.25) is 0 Å². The molecule has 3 aliphatic rings. The highest BCUT2D eigenvalue weighted by Crippen LogP contribution is 2.41. The number of halogens is 2. The van der Waals surface area contributed by atoms with Gasteiger partial charge in [0, 0.05) is 70.6 Å². The quantitative estimate of drug-likeness (QED) is 0.0916. The second-order valence-electron chi connectivity index (χ2n) is 22.2. The average molecular weight is 1190 g/mol. The predicted molar refractivity (Wildman–Crippen MR) is 280 cm³/mol. The molecule has 5 N–H and O–H groups in total. The molecule has 2 aromatic rings. The minimum Gasteiger partial charge on any atom is -0.448 e. The van der Waals surface area contributed by atoms with Crippen molar-refractivity contribution >= 4 is 38.4 Å². The number of cyclic esters (lactones) is 1. The van der Waals surface area contributed by atoms with E-state index in [9.17, 15) is 43.1 Å². The number of alkyl halides is 2. The molecular weight excluding hydrogens is 1100 g/mol. The number of hydrogen-bond donors (Lipinski definition) is 5. The highest BCUT2D eigenvalue weighted by molar-refractivity contribution is 14.1. The second-order valence-corrected chi connectivity index (χ2v) is 25.5. The minimum atomic E-state index is -3.25. The van der Waals surface area contributed by atoms with Gasteiger partial charge in [-0.2, -0.15) is 0 Å². The lowest BCUT2D eigenvalue weighted by Gasteiger charge is -2.49. The summed E-state index contributed by atoms with van der Waals surface area (Å²) in [5.41, 5.74) is -2.85. The Hall–Kier alpha value is -2.08. The molecule has 74 heavy (non-hydrogen) atoms. The number of methoxy groups -OCH3 is 2. The van der Waals surface area contributed by atoms with Crippen molar-refractivity contribution in [1.29, 1.82) is 0 Å². The van der Waals surface area contributed by atoms with Gasteiger partial charge in [-0.1, -0.05) is 43.3 Å². The van der Waals surface area contributed by atoms with Crippen LogP contribution in [0.2, 0.25) is 0 Å². The number of esters is 1. The Morgan fingerprint density at radius 3 is 2.23 bits per heavy atom. The summed E-state index contributed by atoms with van der Waals surface area (Å²) in [6.45, 7) is 15.4. The van der Waals surface area contributed by atoms with Gasteiger partial charge < -0.3 is 68.5 Å². The van der Waals surface area contributed by atoms with Gasteiger partial charge in [-0.25, -0.2) is 17.5 Å². The topological polar surface area (TPSA) is 254 Å². The zero-order valence-corrected chi connectivity index (χ0v) is 48.6. The fourth-order valence-corrected chi connectivity index (χ4v) is 12.4. The highest BCUT2D eigenvalue weighted by atomic mass is 127. The molecule has 1 aromatic heterocycles. The maximum absolute atomic E-state index is 14.8. The SMILES string of the molecule is CO[C@H](c1ccc(CS(C)(=O)=O)cc1)[C@@H](CF)n1cc(CCN(C)[C@H]2C[C@@H](C)O[C@@H](O[C@@H]3[C@@H](C)[C@H](O[C@H]4C[C@@](C)(OC)[C@@H](O)[C@H](C)O4)[C@@H](C)C(=O)O[C@H](I)[C@@](C)(O)[C@H](O)[C@@H](C)N(C)C[C@H](C)C[C@@]3(C)O)[C@@H]2O)nn1. The minimum absolute atomic E-state index is 0.0697. The molecule has 0 aliphatic carbocycles. The molecule has 0 saturated carbocycles. The Labute approximate surface area is 450 Å². The van der Waals surface area contributed by atoms with E-state index in [1.165, 1.54) is 25.8 Å². The van der Waals surface area contributed by atoms with Crippen LogP contribution in [0.1, 0.15) is 111 Å². The fraction of sp³-hybridized carbons (Fsp3) is 0.824. The molecule has 20 atom stereocenters. The Balaban J connectivity index is 1.42. The lowest BCUT2D eigenvalue weighted by Crippen LogP contribution is -2.60. The number of sulfone groups is 1. The molecule has 23 heteroatoms. The second kappa shape index (κ2) is 25.8. The van der Waals surface area contributed by atoms with E-state index in [2.05, 4.69) is 10.3 Å². The first-order valence-electron chi connectivity index (χ1n) is 25.5. The Bertz CT molecular complexity index is 2220. The Morgan fingerprint density at radius 2 is 1.64 bits per heavy atom. The van der Waals surface area contributed by atoms with Crippen LogP contribution < -0.4 is 0 Å². The van der Waals surface area contributed by atoms with E-state index in [1.807, 2.05) is 53.3 Å². The van der Waals surface area contributed by atoms with Crippen LogP contribution in [0.25, 0.3) is 0 Å². The summed E-state index contributed by atoms with van der Waals surface area (Å²) in [5, 5.41) is 68.0. The normalized spacial score (nSPS) is 39.5. The molecule has 5 rings (SSSR count). The monoisotopic (exact) mass is 1190 g/mol. The zero-order chi connectivity index (χ0) is 55.4. The third-order valence-electron chi connectivity index (χ3n) is 15.6. The maximum Gasteiger partial charge on any atom is 0.312 e. The van der Waals surface area contributed by atoms with Crippen LogP contribution in [-0.2, 0) is 60.0 Å². The summed E-state index contributed by atoms with van der Waals surface area (Å²) in [6, 6.07) is 4.79. The molecule has 0 bridgehead atoms. The van der Waals surface area contributed by atoms with Crippen LogP contribution in [0.15, 0.2) is 30.5 Å². The number of carbonyl (C=O) groups excluding carboxylic acids is 1. The molecular formula is C51H85FIN5O15S. The number of likely N-dealkylation sites (N-methyl/N-ethyl adjacent to an activating group) is 2. The van der Waals surface area contributed by atoms with Crippen molar-refractivity contribution in [2.45, 2.75) is 194 Å². The lowest BCUT2D eigenvalue weighted by atomic mass is 9.77. The molecule has 0 amide bonds. The maximum atomic E-state index is 14.8. The molecule has 1 aromatic carbocycles. The number of benzene rings is 1. The third kappa shape index (κ3) is 15.2. The standard InChI is InChI=1S/C51H85FIN5O15S/c1-28-22-49(7,63)45(30(3)41(71-39-23-50(8,68-13)44(61)33(6)70-39)31(4)46(62)73-48(53)51(9,64)43(60)32(5)57(11)25-28)72-47-40(59)37(21-29(2)69-47)56(10)20-19-36-26-58(55-54-36)38(24-52)42(67-12)35-17-15-34(16-18-35)27-74(14,65)66/h15-18,26,28-33,37-45,47-48,59-61,63-64H,19-25,27H2,1-14H3/t28-,29-,30+,31-,32-,33+,37+,38-,39+,40-,41+,42-,43-,44+,45-,47+,48+,49-,50-,51+/m1/s1. The summed E-state index contributed by atoms with van der Waals surface area (Å²) >= 11 is 1.81. The summed E-state index contributed by atoms with van der Waals surface area (Å²) in [6.07, 6.45) is -6.33. The van der Waals surface area contributed by atoms with Gasteiger partial charge in [0.25, 0.3) is 0 Å². The van der Waals surface area contributed by atoms with Crippen molar-refractivity contribution in [2.75, 3.05) is 54.3 Å². The van der Waals surface area contributed by atoms with E-state index in [-0.39, 0.29) is 24.5 Å². The van der Waals surface area contributed by atoms with Gasteiger partial charge in [-0.05, 0) is 115 Å². The van der Waals surface area contributed by atoms with Crippen LogP contribution in [0, 0.1) is 17.8 Å². The van der Waals surface area contributed by atoms with E-state index >= 15 is 0 Å². The molecule has 3 aliphatic heterocycles. The van der Waals surface area contributed by atoms with Gasteiger partial charge >= 0.3 is 5.97 Å². The molecule has 424 valence electrons. The van der Waals surface area contributed by atoms with Gasteiger partial charge in [0.05, 0.1) is 53.0 Å². The number of hydrogen-bond acceptors (Lipinski definition) is 19. The highest BCUT2D eigenvalue weighted by Gasteiger charge is 2.53. The summed E-state index contributed by atoms with van der Waals surface area (Å²) in [5.74, 6) is -3.09. The predicted octanol–water partition coefficient (Wildman–Crippen LogP) is 3.53. The number of aromatic nitrogens is 3. The Kier molecular flexibility index (Phi) is 21.9. The molecule has 0 spiro atoms. The molecule has 0 radical (unpaired) electrons. The van der Waals surface area contributed by atoms with E-state index in [4.69, 9.17) is 33.2 Å². The van der Waals surface area contributed by atoms with E-state index < -0.39 is 135 Å². The van der Waals surface area contributed by atoms with E-state index in [0.29, 0.717) is 42.8 Å². The average Bonchev–Trinajstić information content (AvgIpc) is 3.80. The molecule has 3 fully saturated rings. The van der Waals surface area contributed by atoms with Crippen LogP contribution in [-0.4, -0.2) is 207 Å². The number of rotatable bonds is 16. The van der Waals surface area contributed by atoms with Crippen LogP contribution in [0.5, 0.6) is 0 Å². The van der Waals surface area contributed by atoms with E-state index in [1.54, 1.807) is 79.1 Å². The molecule has 20 nitrogen and oxygen atoms in total. The van der Waals surface area contributed by atoms with Gasteiger partial charge in [0.15, 0.2) is 26.5 Å². The first-order valence-corrected chi connectivity index (χ1v) is 28.8. The molecule has 3 saturated heterocycles. The smallest absolute Gasteiger partial charge is 0.312 e. The first kappa shape index (κ1) is 62.8. The van der Waals surface area contributed by atoms with E-state index in [0.717, 1.165) is 6.26 Å². The molecule has 0 unspecified atom stereocenters. The Morgan fingerprint density at radius 1 is 0.986 bits per heavy atom. The van der Waals surface area contributed by atoms with Crippen molar-refractivity contribution in [3.8, 4) is 0 Å². The number of aliphatic hydroxyl groups is 5. The van der Waals surface area contributed by atoms with Crippen LogP contribution in [0.4, 0.5) is 4.39 Å². The largest absolute Gasteiger partial charge is 0.448 e.